The van der Waals surface area contributed by atoms with Gasteiger partial charge in [-0.05, 0) is 50.5 Å². The van der Waals surface area contributed by atoms with E-state index in [2.05, 4.69) is 87.6 Å². The number of hydrogen-bond acceptors (Lipinski definition) is 0. The number of aryl methyl sites for hydroxylation is 2. The van der Waals surface area contributed by atoms with Crippen LogP contribution in [-0.2, 0) is 12.1 Å². The molecule has 0 N–H and O–H groups in total. The molecule has 1 aromatic heterocycles. The third-order valence-electron chi connectivity index (χ3n) is 5.71. The molecule has 142 valence electrons. The summed E-state index contributed by atoms with van der Waals surface area (Å²) in [6, 6.07) is 10.9. The van der Waals surface area contributed by atoms with Gasteiger partial charge in [-0.3, -0.25) is 0 Å². The molecular weight excluding hydrogens is 352 g/mol. The van der Waals surface area contributed by atoms with Crippen LogP contribution in [-0.4, -0.2) is 10.3 Å². The molecule has 0 radical (unpaired) electrons. The second-order valence-corrected chi connectivity index (χ2v) is 8.32. The highest BCUT2D eigenvalue weighted by Crippen LogP contribution is 2.39. The summed E-state index contributed by atoms with van der Waals surface area (Å²) in [5, 5.41) is 0.832. The van der Waals surface area contributed by atoms with Gasteiger partial charge in [0.25, 0.3) is 11.4 Å². The lowest BCUT2D eigenvalue weighted by Crippen LogP contribution is -2.59. The average Bonchev–Trinajstić information content (AvgIpc) is 2.83. The molecule has 0 saturated heterocycles. The lowest BCUT2D eigenvalue weighted by atomic mass is 10.0. The van der Waals surface area contributed by atoms with Crippen LogP contribution in [0.25, 0.3) is 5.57 Å². The van der Waals surface area contributed by atoms with Gasteiger partial charge in [0.15, 0.2) is 0 Å². The molecule has 1 aliphatic heterocycles. The Bertz CT molecular complexity index is 955. The first kappa shape index (κ1) is 19.8. The van der Waals surface area contributed by atoms with Crippen LogP contribution >= 0.6 is 11.6 Å². The number of hydrogen-bond donors (Lipinski definition) is 0. The smallest absolute Gasteiger partial charge is 0.124 e. The van der Waals surface area contributed by atoms with Crippen LogP contribution in [0.2, 0.25) is 5.02 Å². The Labute approximate surface area is 168 Å². The third kappa shape index (κ3) is 3.04. The molecule has 3 heteroatoms. The van der Waals surface area contributed by atoms with Gasteiger partial charge in [-0.1, -0.05) is 32.0 Å². The summed E-state index contributed by atoms with van der Waals surface area (Å²) >= 11 is 6.85. The molecule has 1 unspecified atom stereocenters. The molecule has 1 aliphatic rings. The number of benzene rings is 1. The molecule has 1 aromatic carbocycles. The Kier molecular flexibility index (Phi) is 5.31. The topological polar surface area (TPSA) is 6.89 Å². The summed E-state index contributed by atoms with van der Waals surface area (Å²) in [5.74, 6) is 0. The number of rotatable bonds is 5. The molecule has 0 saturated carbocycles. The van der Waals surface area contributed by atoms with Crippen molar-refractivity contribution in [3.8, 4) is 0 Å². The Balaban J connectivity index is 2.40. The number of allylic oxidation sites excluding steroid dienone is 1. The molecule has 27 heavy (non-hydrogen) atoms. The van der Waals surface area contributed by atoms with Crippen LogP contribution in [0.4, 0.5) is 5.69 Å². The van der Waals surface area contributed by atoms with E-state index < -0.39 is 0 Å². The van der Waals surface area contributed by atoms with E-state index in [9.17, 15) is 0 Å². The largest absolute Gasteiger partial charge is 0.360 e. The number of fused-ring (bicyclic) bond motifs is 1. The highest BCUT2D eigenvalue weighted by atomic mass is 35.5. The first-order chi connectivity index (χ1) is 12.8. The molecule has 0 fully saturated rings. The average molecular weight is 383 g/mol. The normalized spacial score (nSPS) is 18.8. The maximum Gasteiger partial charge on any atom is 0.360 e. The zero-order valence-corrected chi connectivity index (χ0v) is 18.2. The van der Waals surface area contributed by atoms with Gasteiger partial charge in [-0.25, -0.2) is 0 Å². The van der Waals surface area contributed by atoms with Gasteiger partial charge in [0.2, 0.25) is 11.4 Å². The fourth-order valence-electron chi connectivity index (χ4n) is 4.65. The molecular formula is C24H31ClN2+2. The predicted molar refractivity (Wildman–Crippen MR) is 115 cm³/mol. The Hall–Kier alpha value is -1.93. The molecule has 2 heterocycles. The summed E-state index contributed by atoms with van der Waals surface area (Å²) in [4.78, 5) is 0. The summed E-state index contributed by atoms with van der Waals surface area (Å²) in [5.41, 5.74) is 8.20. The van der Waals surface area contributed by atoms with E-state index in [1.165, 1.54) is 28.2 Å². The zero-order valence-electron chi connectivity index (χ0n) is 17.5. The number of halogens is 1. The summed E-state index contributed by atoms with van der Waals surface area (Å²) in [7, 11) is 0. The Morgan fingerprint density at radius 1 is 1.19 bits per heavy atom. The Morgan fingerprint density at radius 3 is 2.48 bits per heavy atom. The molecule has 1 atom stereocenters. The van der Waals surface area contributed by atoms with Gasteiger partial charge in [-0.2, -0.15) is 0 Å². The zero-order chi connectivity index (χ0) is 19.9. The molecule has 0 amide bonds. The van der Waals surface area contributed by atoms with Crippen molar-refractivity contribution in [3.63, 3.8) is 0 Å². The van der Waals surface area contributed by atoms with Crippen LogP contribution in [0, 0.1) is 6.92 Å². The van der Waals surface area contributed by atoms with E-state index >= 15 is 0 Å². The van der Waals surface area contributed by atoms with Gasteiger partial charge < -0.3 is 0 Å². The van der Waals surface area contributed by atoms with Gasteiger partial charge in [0.1, 0.15) is 5.02 Å². The maximum atomic E-state index is 6.85. The van der Waals surface area contributed by atoms with Gasteiger partial charge in [0, 0.05) is 30.2 Å². The fourth-order valence-corrected chi connectivity index (χ4v) is 5.03. The molecule has 0 spiro atoms. The predicted octanol–water partition coefficient (Wildman–Crippen LogP) is 6.17. The standard InChI is InChI=1S/C24H31ClN2/c1-8-13-24(7)26(23-19(9-2)14-17(5)15-20(23)25)18(6)22-12-10-11-21(16(3)4)27(22)24/h10-12,14-15H,3,8-9,13H2,1-2,4-7H3/q+2. The first-order valence-corrected chi connectivity index (χ1v) is 10.3. The summed E-state index contributed by atoms with van der Waals surface area (Å²) < 4.78 is 4.93. The molecule has 2 nitrogen and oxygen atoms in total. The monoisotopic (exact) mass is 382 g/mol. The lowest BCUT2D eigenvalue weighted by Gasteiger charge is -2.21. The fraction of sp³-hybridized carbons (Fsp3) is 0.417. The van der Waals surface area contributed by atoms with E-state index in [0.717, 1.165) is 35.5 Å². The maximum absolute atomic E-state index is 6.85. The van der Waals surface area contributed by atoms with Crippen molar-refractivity contribution in [2.75, 3.05) is 0 Å². The van der Waals surface area contributed by atoms with Crippen LogP contribution in [0.5, 0.6) is 0 Å². The third-order valence-corrected chi connectivity index (χ3v) is 6.00. The minimum atomic E-state index is -0.216. The van der Waals surface area contributed by atoms with E-state index in [0.29, 0.717) is 0 Å². The van der Waals surface area contributed by atoms with Crippen molar-refractivity contribution in [1.29, 1.82) is 0 Å². The van der Waals surface area contributed by atoms with E-state index in [1.54, 1.807) is 0 Å². The van der Waals surface area contributed by atoms with Crippen molar-refractivity contribution in [3.05, 3.63) is 64.4 Å². The Morgan fingerprint density at radius 2 is 1.89 bits per heavy atom. The number of nitrogens with zero attached hydrogens (tertiary/aromatic N) is 2. The van der Waals surface area contributed by atoms with E-state index in [-0.39, 0.29) is 5.66 Å². The second kappa shape index (κ2) is 7.24. The second-order valence-electron chi connectivity index (χ2n) is 7.91. The van der Waals surface area contributed by atoms with E-state index in [1.807, 2.05) is 0 Å². The molecule has 0 aliphatic carbocycles. The van der Waals surface area contributed by atoms with Gasteiger partial charge >= 0.3 is 5.66 Å². The SMILES string of the molecule is C=C(C)c1cccc2[n+]1C(C)(CCC)[N+](c1c(Cl)cc(C)cc1CC)=C2C. The van der Waals surface area contributed by atoms with Crippen LogP contribution in [0.15, 0.2) is 36.9 Å². The van der Waals surface area contributed by atoms with Crippen molar-refractivity contribution in [2.24, 2.45) is 0 Å². The highest BCUT2D eigenvalue weighted by molar-refractivity contribution is 6.33. The van der Waals surface area contributed by atoms with Crippen molar-refractivity contribution in [2.45, 2.75) is 66.5 Å². The number of aromatic nitrogens is 1. The lowest BCUT2D eigenvalue weighted by molar-refractivity contribution is -0.893. The minimum absolute atomic E-state index is 0.216. The highest BCUT2D eigenvalue weighted by Gasteiger charge is 2.57. The summed E-state index contributed by atoms with van der Waals surface area (Å²) in [6.45, 7) is 17.4. The van der Waals surface area contributed by atoms with Gasteiger partial charge in [0.05, 0.1) is 13.3 Å². The quantitative estimate of drug-likeness (QED) is 0.546. The van der Waals surface area contributed by atoms with Crippen molar-refractivity contribution in [1.82, 2.24) is 0 Å². The van der Waals surface area contributed by atoms with Gasteiger partial charge in [-0.15, -0.1) is 9.14 Å². The molecule has 0 bridgehead atoms. The van der Waals surface area contributed by atoms with E-state index in [4.69, 9.17) is 11.6 Å². The summed E-state index contributed by atoms with van der Waals surface area (Å²) in [6.07, 6.45) is 3.07. The van der Waals surface area contributed by atoms with Crippen LogP contribution in [0.3, 0.4) is 0 Å². The molecule has 2 aromatic rings. The van der Waals surface area contributed by atoms with Crippen LogP contribution in [0.1, 0.15) is 70.0 Å². The first-order valence-electron chi connectivity index (χ1n) is 9.90. The van der Waals surface area contributed by atoms with Crippen LogP contribution < -0.4 is 4.57 Å². The van der Waals surface area contributed by atoms with Crippen molar-refractivity contribution >= 4 is 28.6 Å². The molecule has 3 rings (SSSR count). The number of pyridine rings is 1. The van der Waals surface area contributed by atoms with Crippen molar-refractivity contribution < 1.29 is 9.14 Å². The minimum Gasteiger partial charge on any atom is -0.124 e.